The highest BCUT2D eigenvalue weighted by Gasteiger charge is 2.13. The Balaban J connectivity index is 2.22. The van der Waals surface area contributed by atoms with E-state index in [4.69, 9.17) is 5.73 Å². The average Bonchev–Trinajstić information content (AvgIpc) is 2.46. The van der Waals surface area contributed by atoms with Crippen molar-refractivity contribution in [3.05, 3.63) is 48.5 Å². The fourth-order valence-electron chi connectivity index (χ4n) is 1.44. The highest BCUT2D eigenvalue weighted by molar-refractivity contribution is 7.92. The molecule has 1 aromatic heterocycles. The summed E-state index contributed by atoms with van der Waals surface area (Å²) in [6.45, 7) is 0.260. The van der Waals surface area contributed by atoms with Crippen LogP contribution < -0.4 is 10.5 Å². The van der Waals surface area contributed by atoms with Crippen molar-refractivity contribution in [3.63, 3.8) is 0 Å². The normalized spacial score (nSPS) is 10.4. The van der Waals surface area contributed by atoms with E-state index >= 15 is 0 Å². The van der Waals surface area contributed by atoms with Crippen LogP contribution in [0.3, 0.4) is 0 Å². The fraction of sp³-hybridized carbons (Fsp3) is 0.0769. The lowest BCUT2D eigenvalue weighted by Crippen LogP contribution is -2.13. The van der Waals surface area contributed by atoms with Gasteiger partial charge >= 0.3 is 0 Å². The molecule has 0 aliphatic rings. The molecule has 1 heterocycles. The predicted octanol–water partition coefficient (Wildman–Crippen LogP) is 0.588. The molecule has 0 saturated carbocycles. The molecule has 0 aliphatic carbocycles. The molecule has 0 bridgehead atoms. The lowest BCUT2D eigenvalue weighted by Gasteiger charge is -2.06. The van der Waals surface area contributed by atoms with Gasteiger partial charge < -0.3 is 5.73 Å². The van der Waals surface area contributed by atoms with Crippen LogP contribution in [-0.2, 0) is 10.0 Å². The van der Waals surface area contributed by atoms with Crippen molar-refractivity contribution >= 4 is 15.7 Å². The lowest BCUT2D eigenvalue weighted by molar-refractivity contribution is 0.601. The smallest absolute Gasteiger partial charge is 0.261 e. The second-order valence-electron chi connectivity index (χ2n) is 3.76. The molecule has 0 saturated heterocycles. The van der Waals surface area contributed by atoms with E-state index in [1.165, 1.54) is 30.9 Å². The number of nitrogens with one attached hydrogen (secondary N) is 1. The fourth-order valence-corrected chi connectivity index (χ4v) is 2.46. The summed E-state index contributed by atoms with van der Waals surface area (Å²) in [7, 11) is -3.65. The van der Waals surface area contributed by atoms with Crippen molar-refractivity contribution in [1.29, 1.82) is 0 Å². The second kappa shape index (κ2) is 6.14. The zero-order valence-electron chi connectivity index (χ0n) is 10.4. The molecule has 0 amide bonds. The van der Waals surface area contributed by atoms with Gasteiger partial charge in [0, 0.05) is 5.56 Å². The number of rotatable bonds is 3. The molecule has 2 rings (SSSR count). The third-order valence-electron chi connectivity index (χ3n) is 2.31. The summed E-state index contributed by atoms with van der Waals surface area (Å²) in [5.74, 6) is 5.52. The first-order valence-corrected chi connectivity index (χ1v) is 7.17. The predicted molar refractivity (Wildman–Crippen MR) is 75.2 cm³/mol. The molecule has 102 valence electrons. The Labute approximate surface area is 117 Å². The molecular weight excluding hydrogens is 276 g/mol. The largest absolute Gasteiger partial charge is 0.320 e. The Morgan fingerprint density at radius 1 is 1.15 bits per heavy atom. The molecule has 0 radical (unpaired) electrons. The maximum Gasteiger partial charge on any atom is 0.261 e. The van der Waals surface area contributed by atoms with Crippen LogP contribution in [0.4, 0.5) is 5.69 Å². The van der Waals surface area contributed by atoms with Crippen molar-refractivity contribution in [1.82, 2.24) is 9.97 Å². The van der Waals surface area contributed by atoms with Gasteiger partial charge in [0.05, 0.1) is 29.5 Å². The van der Waals surface area contributed by atoms with Crippen LogP contribution in [-0.4, -0.2) is 24.9 Å². The number of nitrogens with zero attached hydrogens (tertiary/aromatic N) is 2. The molecule has 0 fully saturated rings. The first-order chi connectivity index (χ1) is 9.62. The van der Waals surface area contributed by atoms with Crippen molar-refractivity contribution in [2.45, 2.75) is 4.90 Å². The quantitative estimate of drug-likeness (QED) is 0.805. The van der Waals surface area contributed by atoms with Crippen LogP contribution in [0.1, 0.15) is 5.56 Å². The van der Waals surface area contributed by atoms with Crippen LogP contribution >= 0.6 is 0 Å². The van der Waals surface area contributed by atoms with Crippen LogP contribution in [0.2, 0.25) is 0 Å². The van der Waals surface area contributed by atoms with Gasteiger partial charge in [0.1, 0.15) is 6.33 Å². The van der Waals surface area contributed by atoms with Crippen LogP contribution in [0.15, 0.2) is 47.9 Å². The Hall–Kier alpha value is -2.43. The molecule has 0 atom stereocenters. The monoisotopic (exact) mass is 288 g/mol. The minimum Gasteiger partial charge on any atom is -0.320 e. The summed E-state index contributed by atoms with van der Waals surface area (Å²) in [6, 6.07) is 6.21. The zero-order chi connectivity index (χ0) is 14.4. The minimum atomic E-state index is -3.65. The summed E-state index contributed by atoms with van der Waals surface area (Å²) in [4.78, 5) is 7.62. The van der Waals surface area contributed by atoms with E-state index in [9.17, 15) is 8.42 Å². The lowest BCUT2D eigenvalue weighted by atomic mass is 10.2. The van der Waals surface area contributed by atoms with Crippen LogP contribution in [0, 0.1) is 11.8 Å². The first kappa shape index (κ1) is 14.0. The maximum absolute atomic E-state index is 12.1. The summed E-state index contributed by atoms with van der Waals surface area (Å²) >= 11 is 0. The number of benzene rings is 1. The number of hydrogen-bond acceptors (Lipinski definition) is 5. The van der Waals surface area contributed by atoms with E-state index < -0.39 is 10.0 Å². The molecule has 0 unspecified atom stereocenters. The van der Waals surface area contributed by atoms with Crippen molar-refractivity contribution in [3.8, 4) is 11.8 Å². The Bertz CT molecular complexity index is 731. The molecule has 1 aromatic carbocycles. The number of nitrogens with two attached hydrogens (primary N) is 1. The second-order valence-corrected chi connectivity index (χ2v) is 5.45. The van der Waals surface area contributed by atoms with Gasteiger partial charge in [0.25, 0.3) is 10.0 Å². The van der Waals surface area contributed by atoms with Gasteiger partial charge in [-0.1, -0.05) is 11.8 Å². The summed E-state index contributed by atoms with van der Waals surface area (Å²) in [5.41, 5.74) is 6.28. The first-order valence-electron chi connectivity index (χ1n) is 5.68. The average molecular weight is 288 g/mol. The summed E-state index contributed by atoms with van der Waals surface area (Å²) in [5, 5.41) is 0. The van der Waals surface area contributed by atoms with E-state index in [0.717, 1.165) is 0 Å². The zero-order valence-corrected chi connectivity index (χ0v) is 11.3. The van der Waals surface area contributed by atoms with Crippen molar-refractivity contribution in [2.75, 3.05) is 11.3 Å². The molecule has 20 heavy (non-hydrogen) atoms. The molecule has 0 spiro atoms. The van der Waals surface area contributed by atoms with Crippen LogP contribution in [0.25, 0.3) is 0 Å². The van der Waals surface area contributed by atoms with Crippen LogP contribution in [0.5, 0.6) is 0 Å². The van der Waals surface area contributed by atoms with E-state index in [1.807, 2.05) is 0 Å². The standard InChI is InChI=1S/C13H12N4O2S/c14-7-1-2-11-3-5-13(6-4-11)20(18,19)17-12-8-15-10-16-9-12/h3-6,8-10,17H,7,14H2. The van der Waals surface area contributed by atoms with Gasteiger partial charge in [-0.05, 0) is 24.3 Å². The Morgan fingerprint density at radius 3 is 2.40 bits per heavy atom. The number of anilines is 1. The topological polar surface area (TPSA) is 98.0 Å². The maximum atomic E-state index is 12.1. The summed E-state index contributed by atoms with van der Waals surface area (Å²) < 4.78 is 26.6. The highest BCUT2D eigenvalue weighted by Crippen LogP contribution is 2.14. The Morgan fingerprint density at radius 2 is 1.80 bits per heavy atom. The number of hydrogen-bond donors (Lipinski definition) is 2. The van der Waals surface area contributed by atoms with E-state index in [1.54, 1.807) is 12.1 Å². The SMILES string of the molecule is NCC#Cc1ccc(S(=O)(=O)Nc2cncnc2)cc1. The third kappa shape index (κ3) is 3.54. The molecular formula is C13H12N4O2S. The van der Waals surface area contributed by atoms with Gasteiger partial charge in [-0.2, -0.15) is 0 Å². The van der Waals surface area contributed by atoms with Gasteiger partial charge in [-0.3, -0.25) is 4.72 Å². The number of aromatic nitrogens is 2. The van der Waals surface area contributed by atoms with E-state index in [0.29, 0.717) is 11.3 Å². The number of sulfonamides is 1. The molecule has 7 heteroatoms. The van der Waals surface area contributed by atoms with Gasteiger partial charge in [-0.25, -0.2) is 18.4 Å². The van der Waals surface area contributed by atoms with Gasteiger partial charge in [-0.15, -0.1) is 0 Å². The molecule has 0 aliphatic heterocycles. The molecule has 2 aromatic rings. The van der Waals surface area contributed by atoms with Gasteiger partial charge in [0.15, 0.2) is 0 Å². The third-order valence-corrected chi connectivity index (χ3v) is 3.71. The van der Waals surface area contributed by atoms with Crippen molar-refractivity contribution < 1.29 is 8.42 Å². The van der Waals surface area contributed by atoms with Crippen molar-refractivity contribution in [2.24, 2.45) is 5.73 Å². The van der Waals surface area contributed by atoms with E-state index in [2.05, 4.69) is 26.5 Å². The summed E-state index contributed by atoms with van der Waals surface area (Å²) in [6.07, 6.45) is 4.08. The highest BCUT2D eigenvalue weighted by atomic mass is 32.2. The molecule has 6 nitrogen and oxygen atoms in total. The van der Waals surface area contributed by atoms with Gasteiger partial charge in [0.2, 0.25) is 0 Å². The minimum absolute atomic E-state index is 0.139. The molecule has 3 N–H and O–H groups in total. The Kier molecular flexibility index (Phi) is 4.30. The van der Waals surface area contributed by atoms with E-state index in [-0.39, 0.29) is 11.4 Å².